The molecule has 0 radical (unpaired) electrons. The molecule has 8 heteroatoms. The lowest BCUT2D eigenvalue weighted by atomic mass is 10.2. The van der Waals surface area contributed by atoms with Crippen LogP contribution in [0.25, 0.3) is 0 Å². The molecular formula is C19H32IN5O2. The van der Waals surface area contributed by atoms with Gasteiger partial charge in [-0.2, -0.15) is 0 Å². The predicted molar refractivity (Wildman–Crippen MR) is 119 cm³/mol. The number of carbonyl (C=O) groups excluding carboxylic acids is 1. The van der Waals surface area contributed by atoms with Gasteiger partial charge in [-0.1, -0.05) is 6.07 Å². The van der Waals surface area contributed by atoms with Gasteiger partial charge in [0, 0.05) is 51.0 Å². The van der Waals surface area contributed by atoms with Gasteiger partial charge in [0.15, 0.2) is 5.96 Å². The molecule has 0 aromatic carbocycles. The smallest absolute Gasteiger partial charge is 0.410 e. The van der Waals surface area contributed by atoms with Crippen LogP contribution in [0.15, 0.2) is 29.4 Å². The summed E-state index contributed by atoms with van der Waals surface area (Å²) in [6, 6.07) is 6.21. The maximum atomic E-state index is 12.3. The normalized spacial score (nSPS) is 14.1. The number of ether oxygens (including phenoxy) is 1. The summed E-state index contributed by atoms with van der Waals surface area (Å²) in [4.78, 5) is 22.7. The second kappa shape index (κ2) is 11.3. The zero-order valence-electron chi connectivity index (χ0n) is 16.7. The van der Waals surface area contributed by atoms with Crippen LogP contribution in [0.4, 0.5) is 4.79 Å². The fourth-order valence-corrected chi connectivity index (χ4v) is 2.50. The maximum Gasteiger partial charge on any atom is 0.410 e. The molecule has 0 aliphatic heterocycles. The molecule has 0 spiro atoms. The van der Waals surface area contributed by atoms with Crippen LogP contribution >= 0.6 is 24.0 Å². The first kappa shape index (κ1) is 23.5. The number of pyridine rings is 1. The SMILES string of the molecule is CN=C(NCCc1ccccn1)NCCN(C(=O)OC(C)(C)C)C1CC1.I. The summed E-state index contributed by atoms with van der Waals surface area (Å²) in [5, 5.41) is 6.52. The number of nitrogens with one attached hydrogen (secondary N) is 2. The summed E-state index contributed by atoms with van der Waals surface area (Å²) in [5.41, 5.74) is 0.570. The molecule has 1 aliphatic rings. The van der Waals surface area contributed by atoms with Crippen LogP contribution in [0.5, 0.6) is 0 Å². The molecule has 2 rings (SSSR count). The molecule has 152 valence electrons. The Hall–Kier alpha value is -1.58. The molecule has 1 aliphatic carbocycles. The largest absolute Gasteiger partial charge is 0.444 e. The van der Waals surface area contributed by atoms with Crippen LogP contribution in [0.2, 0.25) is 0 Å². The van der Waals surface area contributed by atoms with Crippen LogP contribution in [0.3, 0.4) is 0 Å². The summed E-state index contributed by atoms with van der Waals surface area (Å²) in [7, 11) is 1.74. The zero-order chi connectivity index (χ0) is 19.0. The van der Waals surface area contributed by atoms with E-state index in [1.54, 1.807) is 13.2 Å². The Morgan fingerprint density at radius 1 is 1.30 bits per heavy atom. The Morgan fingerprint density at radius 3 is 2.56 bits per heavy atom. The standard InChI is InChI=1S/C19H31N5O2.HI/c1-19(2,3)26-18(25)24(16-8-9-16)14-13-23-17(20-4)22-12-10-15-7-5-6-11-21-15;/h5-7,11,16H,8-10,12-14H2,1-4H3,(H2,20,22,23);1H. The van der Waals surface area contributed by atoms with Gasteiger partial charge in [-0.3, -0.25) is 9.98 Å². The van der Waals surface area contributed by atoms with Gasteiger partial charge in [0.05, 0.1) is 0 Å². The maximum absolute atomic E-state index is 12.3. The molecule has 1 saturated carbocycles. The highest BCUT2D eigenvalue weighted by Crippen LogP contribution is 2.27. The summed E-state index contributed by atoms with van der Waals surface area (Å²) < 4.78 is 5.51. The summed E-state index contributed by atoms with van der Waals surface area (Å²) in [5.74, 6) is 0.723. The highest BCUT2D eigenvalue weighted by molar-refractivity contribution is 14.0. The van der Waals surface area contributed by atoms with E-state index in [2.05, 4.69) is 20.6 Å². The third-order valence-corrected chi connectivity index (χ3v) is 3.88. The van der Waals surface area contributed by atoms with Crippen molar-refractivity contribution in [2.75, 3.05) is 26.7 Å². The monoisotopic (exact) mass is 489 g/mol. The van der Waals surface area contributed by atoms with Crippen LogP contribution in [0, 0.1) is 0 Å². The first-order valence-electron chi connectivity index (χ1n) is 9.23. The molecule has 1 amide bonds. The van der Waals surface area contributed by atoms with Crippen LogP contribution < -0.4 is 10.6 Å². The van der Waals surface area contributed by atoms with Gasteiger partial charge >= 0.3 is 6.09 Å². The van der Waals surface area contributed by atoms with E-state index in [0.29, 0.717) is 19.1 Å². The van der Waals surface area contributed by atoms with Gasteiger partial charge in [-0.25, -0.2) is 4.79 Å². The molecule has 1 aromatic heterocycles. The van der Waals surface area contributed by atoms with Crippen molar-refractivity contribution in [2.45, 2.75) is 51.7 Å². The number of aromatic nitrogens is 1. The number of rotatable bonds is 7. The van der Waals surface area contributed by atoms with E-state index in [1.807, 2.05) is 43.9 Å². The topological polar surface area (TPSA) is 78.9 Å². The number of hydrogen-bond donors (Lipinski definition) is 2. The molecule has 2 N–H and O–H groups in total. The molecule has 27 heavy (non-hydrogen) atoms. The third-order valence-electron chi connectivity index (χ3n) is 3.88. The van der Waals surface area contributed by atoms with Crippen molar-refractivity contribution in [1.29, 1.82) is 0 Å². The first-order chi connectivity index (χ1) is 12.4. The number of halogens is 1. The van der Waals surface area contributed by atoms with Crippen LogP contribution in [-0.2, 0) is 11.2 Å². The fourth-order valence-electron chi connectivity index (χ4n) is 2.50. The second-order valence-corrected chi connectivity index (χ2v) is 7.40. The summed E-state index contributed by atoms with van der Waals surface area (Å²) in [6.45, 7) is 7.64. The Labute approximate surface area is 179 Å². The molecule has 1 aromatic rings. The van der Waals surface area contributed by atoms with E-state index in [4.69, 9.17) is 4.74 Å². The van der Waals surface area contributed by atoms with E-state index < -0.39 is 5.60 Å². The number of guanidine groups is 1. The number of nitrogens with zero attached hydrogens (tertiary/aromatic N) is 3. The van der Waals surface area contributed by atoms with Gasteiger partial charge in [0.2, 0.25) is 0 Å². The minimum absolute atomic E-state index is 0. The molecular weight excluding hydrogens is 457 g/mol. The summed E-state index contributed by atoms with van der Waals surface area (Å²) in [6.07, 6.45) is 4.49. The first-order valence-corrected chi connectivity index (χ1v) is 9.23. The lowest BCUT2D eigenvalue weighted by molar-refractivity contribution is 0.0238. The van der Waals surface area contributed by atoms with Crippen molar-refractivity contribution >= 4 is 36.0 Å². The van der Waals surface area contributed by atoms with Gasteiger partial charge in [0.25, 0.3) is 0 Å². The van der Waals surface area contributed by atoms with Gasteiger partial charge in [0.1, 0.15) is 5.60 Å². The van der Waals surface area contributed by atoms with Crippen LogP contribution in [0.1, 0.15) is 39.3 Å². The van der Waals surface area contributed by atoms with E-state index >= 15 is 0 Å². The Balaban J connectivity index is 0.00000364. The number of carbonyl (C=O) groups is 1. The Kier molecular flexibility index (Phi) is 9.82. The fraction of sp³-hybridized carbons (Fsp3) is 0.632. The predicted octanol–water partition coefficient (Wildman–Crippen LogP) is 2.81. The highest BCUT2D eigenvalue weighted by Gasteiger charge is 2.34. The molecule has 0 saturated heterocycles. The molecule has 0 bridgehead atoms. The van der Waals surface area contributed by atoms with Crippen molar-refractivity contribution < 1.29 is 9.53 Å². The number of hydrogen-bond acceptors (Lipinski definition) is 4. The van der Waals surface area contributed by atoms with E-state index in [1.165, 1.54) is 0 Å². The van der Waals surface area contributed by atoms with E-state index in [9.17, 15) is 4.79 Å². The van der Waals surface area contributed by atoms with E-state index in [0.717, 1.165) is 37.5 Å². The average Bonchev–Trinajstić information content (AvgIpc) is 3.41. The van der Waals surface area contributed by atoms with Crippen molar-refractivity contribution in [1.82, 2.24) is 20.5 Å². The minimum Gasteiger partial charge on any atom is -0.444 e. The molecule has 0 atom stereocenters. The van der Waals surface area contributed by atoms with Gasteiger partial charge < -0.3 is 20.3 Å². The van der Waals surface area contributed by atoms with Crippen LogP contribution in [-0.4, -0.2) is 60.3 Å². The van der Waals surface area contributed by atoms with Gasteiger partial charge in [-0.15, -0.1) is 24.0 Å². The quantitative estimate of drug-likeness (QED) is 0.350. The lowest BCUT2D eigenvalue weighted by Crippen LogP contribution is -2.45. The molecule has 7 nitrogen and oxygen atoms in total. The second-order valence-electron chi connectivity index (χ2n) is 7.40. The van der Waals surface area contributed by atoms with Crippen molar-refractivity contribution in [3.8, 4) is 0 Å². The number of amides is 1. The van der Waals surface area contributed by atoms with E-state index in [-0.39, 0.29) is 30.1 Å². The Bertz CT molecular complexity index is 600. The highest BCUT2D eigenvalue weighted by atomic mass is 127. The number of aliphatic imine (C=N–C) groups is 1. The summed E-state index contributed by atoms with van der Waals surface area (Å²) >= 11 is 0. The minimum atomic E-state index is -0.472. The van der Waals surface area contributed by atoms with Crippen molar-refractivity contribution in [3.05, 3.63) is 30.1 Å². The molecule has 1 fully saturated rings. The average molecular weight is 489 g/mol. The molecule has 1 heterocycles. The Morgan fingerprint density at radius 2 is 2.00 bits per heavy atom. The lowest BCUT2D eigenvalue weighted by Gasteiger charge is -2.27. The molecule has 0 unspecified atom stereocenters. The zero-order valence-corrected chi connectivity index (χ0v) is 19.0. The van der Waals surface area contributed by atoms with Crippen molar-refractivity contribution in [3.63, 3.8) is 0 Å². The van der Waals surface area contributed by atoms with Crippen molar-refractivity contribution in [2.24, 2.45) is 4.99 Å². The van der Waals surface area contributed by atoms with Gasteiger partial charge in [-0.05, 0) is 45.7 Å². The third kappa shape index (κ3) is 9.25.